The fraction of sp³-hybridized carbons (Fsp3) is 0.360. The van der Waals surface area contributed by atoms with Crippen molar-refractivity contribution >= 4 is 24.4 Å². The number of methoxy groups -OCH3 is 1. The molecule has 12 heteroatoms. The minimum absolute atomic E-state index is 0.0492. The molecule has 0 spiro atoms. The number of esters is 1. The number of para-hydroxylation sites is 1. The lowest BCUT2D eigenvalue weighted by Gasteiger charge is -2.26. The SMILES string of the molecule is CCOC(=O)Oc1ccc(C[C@](N)(CCOC(=O)Oc2ccccc2)C(=O)OC)cc1OC(=O)OCC. The molecule has 0 bridgehead atoms. The van der Waals surface area contributed by atoms with Crippen LogP contribution in [0.1, 0.15) is 25.8 Å². The van der Waals surface area contributed by atoms with Crippen LogP contribution in [0.4, 0.5) is 14.4 Å². The van der Waals surface area contributed by atoms with Crippen LogP contribution in [0.5, 0.6) is 17.2 Å². The molecule has 12 nitrogen and oxygen atoms in total. The van der Waals surface area contributed by atoms with E-state index in [0.29, 0.717) is 11.3 Å². The monoisotopic (exact) mass is 519 g/mol. The molecular formula is C25H29NO11. The van der Waals surface area contributed by atoms with Crippen molar-refractivity contribution in [2.75, 3.05) is 26.9 Å². The summed E-state index contributed by atoms with van der Waals surface area (Å²) in [4.78, 5) is 48.1. The van der Waals surface area contributed by atoms with Crippen LogP contribution in [0.25, 0.3) is 0 Å². The molecular weight excluding hydrogens is 490 g/mol. The molecule has 2 aromatic rings. The van der Waals surface area contributed by atoms with Crippen LogP contribution < -0.4 is 19.9 Å². The Kier molecular flexibility index (Phi) is 11.2. The lowest BCUT2D eigenvalue weighted by molar-refractivity contribution is -0.147. The van der Waals surface area contributed by atoms with Crippen molar-refractivity contribution in [3.8, 4) is 17.2 Å². The Bertz CT molecular complexity index is 1070. The summed E-state index contributed by atoms with van der Waals surface area (Å²) in [6, 6.07) is 12.5. The Labute approximate surface area is 213 Å². The molecule has 2 rings (SSSR count). The van der Waals surface area contributed by atoms with E-state index in [1.807, 2.05) is 0 Å². The van der Waals surface area contributed by atoms with Gasteiger partial charge < -0.3 is 38.9 Å². The Morgan fingerprint density at radius 3 is 1.97 bits per heavy atom. The molecule has 200 valence electrons. The van der Waals surface area contributed by atoms with Gasteiger partial charge in [0.05, 0.1) is 26.9 Å². The van der Waals surface area contributed by atoms with E-state index in [9.17, 15) is 19.2 Å². The topological polar surface area (TPSA) is 159 Å². The van der Waals surface area contributed by atoms with Crippen LogP contribution in [0.15, 0.2) is 48.5 Å². The van der Waals surface area contributed by atoms with Crippen molar-refractivity contribution in [3.05, 3.63) is 54.1 Å². The number of carbonyl (C=O) groups excluding carboxylic acids is 4. The van der Waals surface area contributed by atoms with Gasteiger partial charge in [-0.3, -0.25) is 4.79 Å². The summed E-state index contributed by atoms with van der Waals surface area (Å²) in [6.07, 6.45) is -3.25. The summed E-state index contributed by atoms with van der Waals surface area (Å²) in [5.74, 6) is -0.771. The summed E-state index contributed by atoms with van der Waals surface area (Å²) in [7, 11) is 1.17. The molecule has 2 N–H and O–H groups in total. The predicted octanol–water partition coefficient (Wildman–Crippen LogP) is 3.78. The molecule has 0 heterocycles. The molecule has 0 aliphatic carbocycles. The van der Waals surface area contributed by atoms with Crippen molar-refractivity contribution in [3.63, 3.8) is 0 Å². The van der Waals surface area contributed by atoms with E-state index in [1.165, 1.54) is 25.3 Å². The minimum Gasteiger partial charge on any atom is -0.468 e. The maximum Gasteiger partial charge on any atom is 0.513 e. The van der Waals surface area contributed by atoms with Crippen molar-refractivity contribution in [1.82, 2.24) is 0 Å². The molecule has 0 radical (unpaired) electrons. The van der Waals surface area contributed by atoms with Crippen LogP contribution in [0, 0.1) is 0 Å². The largest absolute Gasteiger partial charge is 0.513 e. The van der Waals surface area contributed by atoms with Crippen LogP contribution in [-0.2, 0) is 30.2 Å². The van der Waals surface area contributed by atoms with E-state index in [0.717, 1.165) is 0 Å². The fourth-order valence-electron chi connectivity index (χ4n) is 3.06. The highest BCUT2D eigenvalue weighted by Crippen LogP contribution is 2.31. The van der Waals surface area contributed by atoms with E-state index in [1.54, 1.807) is 44.2 Å². The normalized spacial score (nSPS) is 11.9. The number of hydrogen-bond donors (Lipinski definition) is 1. The molecule has 37 heavy (non-hydrogen) atoms. The van der Waals surface area contributed by atoms with Crippen LogP contribution in [0.3, 0.4) is 0 Å². The summed E-state index contributed by atoms with van der Waals surface area (Å²) in [6.45, 7) is 3.05. The lowest BCUT2D eigenvalue weighted by Crippen LogP contribution is -2.51. The number of carbonyl (C=O) groups is 4. The zero-order chi connectivity index (χ0) is 27.3. The van der Waals surface area contributed by atoms with E-state index in [2.05, 4.69) is 0 Å². The molecule has 1 atom stereocenters. The number of nitrogens with two attached hydrogens (primary N) is 1. The van der Waals surface area contributed by atoms with Gasteiger partial charge in [-0.15, -0.1) is 0 Å². The van der Waals surface area contributed by atoms with Gasteiger partial charge in [-0.05, 0) is 43.7 Å². The summed E-state index contributed by atoms with van der Waals surface area (Å²) < 4.78 is 34.7. The third kappa shape index (κ3) is 9.33. The van der Waals surface area contributed by atoms with E-state index < -0.39 is 30.0 Å². The van der Waals surface area contributed by atoms with Gasteiger partial charge in [-0.25, -0.2) is 14.4 Å². The number of ether oxygens (including phenoxy) is 7. The van der Waals surface area contributed by atoms with Gasteiger partial charge in [0.1, 0.15) is 11.3 Å². The Balaban J connectivity index is 2.16. The number of rotatable bonds is 11. The molecule has 0 saturated carbocycles. The second kappa shape index (κ2) is 14.3. The average molecular weight is 520 g/mol. The first-order chi connectivity index (χ1) is 17.7. The van der Waals surface area contributed by atoms with Crippen LogP contribution in [0.2, 0.25) is 0 Å². The van der Waals surface area contributed by atoms with Crippen LogP contribution in [-0.4, -0.2) is 56.9 Å². The zero-order valence-electron chi connectivity index (χ0n) is 20.7. The molecule has 0 fully saturated rings. The molecule has 0 aromatic heterocycles. The Morgan fingerprint density at radius 2 is 1.38 bits per heavy atom. The maximum atomic E-state index is 12.5. The lowest BCUT2D eigenvalue weighted by atomic mass is 9.88. The van der Waals surface area contributed by atoms with Gasteiger partial charge >= 0.3 is 24.4 Å². The molecule has 0 aliphatic rings. The molecule has 0 aliphatic heterocycles. The van der Waals surface area contributed by atoms with Gasteiger partial charge in [0.25, 0.3) is 0 Å². The van der Waals surface area contributed by atoms with Crippen molar-refractivity contribution in [1.29, 1.82) is 0 Å². The number of hydrogen-bond acceptors (Lipinski definition) is 12. The third-order valence-corrected chi connectivity index (χ3v) is 4.74. The quantitative estimate of drug-likeness (QED) is 0.260. The highest BCUT2D eigenvalue weighted by atomic mass is 16.7. The standard InChI is InChI=1S/C25H29NO11/c1-4-32-22(28)36-19-12-11-17(15-20(19)37-23(29)33-5-2)16-25(26,21(27)31-3)13-14-34-24(30)35-18-9-7-6-8-10-18/h6-12,15H,4-5,13-14,16,26H2,1-3H3/t25-/m1/s1. The number of benzene rings is 2. The third-order valence-electron chi connectivity index (χ3n) is 4.74. The Morgan fingerprint density at radius 1 is 0.784 bits per heavy atom. The maximum absolute atomic E-state index is 12.5. The summed E-state index contributed by atoms with van der Waals surface area (Å²) >= 11 is 0. The van der Waals surface area contributed by atoms with Crippen LogP contribution >= 0.6 is 0 Å². The fourth-order valence-corrected chi connectivity index (χ4v) is 3.06. The van der Waals surface area contributed by atoms with E-state index in [4.69, 9.17) is 38.9 Å². The van der Waals surface area contributed by atoms with Crippen molar-refractivity contribution in [2.24, 2.45) is 5.73 Å². The second-order valence-corrected chi connectivity index (χ2v) is 7.44. The zero-order valence-corrected chi connectivity index (χ0v) is 20.7. The van der Waals surface area contributed by atoms with Gasteiger partial charge in [0, 0.05) is 12.8 Å². The highest BCUT2D eigenvalue weighted by Gasteiger charge is 2.36. The predicted molar refractivity (Wildman–Crippen MR) is 127 cm³/mol. The smallest absolute Gasteiger partial charge is 0.468 e. The van der Waals surface area contributed by atoms with Crippen molar-refractivity contribution in [2.45, 2.75) is 32.2 Å². The van der Waals surface area contributed by atoms with E-state index >= 15 is 0 Å². The first-order valence-electron chi connectivity index (χ1n) is 11.3. The van der Waals surface area contributed by atoms with Gasteiger partial charge in [-0.1, -0.05) is 24.3 Å². The molecule has 0 amide bonds. The summed E-state index contributed by atoms with van der Waals surface area (Å²) in [5.41, 5.74) is 5.12. The first-order valence-corrected chi connectivity index (χ1v) is 11.3. The van der Waals surface area contributed by atoms with Gasteiger partial charge in [0.2, 0.25) is 0 Å². The summed E-state index contributed by atoms with van der Waals surface area (Å²) in [5, 5.41) is 0. The molecule has 0 saturated heterocycles. The molecule has 0 unspecified atom stereocenters. The van der Waals surface area contributed by atoms with E-state index in [-0.39, 0.29) is 44.2 Å². The van der Waals surface area contributed by atoms with Gasteiger partial charge in [-0.2, -0.15) is 0 Å². The molecule has 2 aromatic carbocycles. The minimum atomic E-state index is -1.63. The second-order valence-electron chi connectivity index (χ2n) is 7.44. The Hall–Kier alpha value is -4.32. The van der Waals surface area contributed by atoms with Crippen molar-refractivity contribution < 1.29 is 52.3 Å². The first kappa shape index (κ1) is 28.9. The van der Waals surface area contributed by atoms with Gasteiger partial charge in [0.15, 0.2) is 11.5 Å². The average Bonchev–Trinajstić information content (AvgIpc) is 2.86. The highest BCUT2D eigenvalue weighted by molar-refractivity contribution is 5.81.